The first-order valence-electron chi connectivity index (χ1n) is 7.91. The van der Waals surface area contributed by atoms with Crippen molar-refractivity contribution < 1.29 is 4.79 Å². The van der Waals surface area contributed by atoms with Gasteiger partial charge in [0.1, 0.15) is 0 Å². The van der Waals surface area contributed by atoms with Gasteiger partial charge in [0.15, 0.2) is 0 Å². The zero-order chi connectivity index (χ0) is 15.0. The number of hydrogen-bond donors (Lipinski definition) is 1. The van der Waals surface area contributed by atoms with Gasteiger partial charge in [0.25, 0.3) is 5.91 Å². The molecule has 2 fully saturated rings. The van der Waals surface area contributed by atoms with Gasteiger partial charge < -0.3 is 0 Å². The van der Waals surface area contributed by atoms with Crippen molar-refractivity contribution >= 4 is 11.6 Å². The summed E-state index contributed by atoms with van der Waals surface area (Å²) in [5.41, 5.74) is 5.95. The summed E-state index contributed by atoms with van der Waals surface area (Å²) in [7, 11) is 0. The summed E-state index contributed by atoms with van der Waals surface area (Å²) < 4.78 is 0. The van der Waals surface area contributed by atoms with Crippen molar-refractivity contribution in [2.75, 3.05) is 0 Å². The van der Waals surface area contributed by atoms with Gasteiger partial charge in [-0.1, -0.05) is 32.9 Å². The second-order valence-electron chi connectivity index (χ2n) is 7.45. The molecule has 2 bridgehead atoms. The van der Waals surface area contributed by atoms with E-state index in [1.165, 1.54) is 30.5 Å². The van der Waals surface area contributed by atoms with Gasteiger partial charge >= 0.3 is 0 Å². The van der Waals surface area contributed by atoms with Crippen LogP contribution in [0.3, 0.4) is 0 Å². The first-order chi connectivity index (χ1) is 9.93. The van der Waals surface area contributed by atoms with Crippen molar-refractivity contribution in [2.45, 2.75) is 51.9 Å². The van der Waals surface area contributed by atoms with Crippen LogP contribution < -0.4 is 5.43 Å². The van der Waals surface area contributed by atoms with E-state index < -0.39 is 0 Å². The Labute approximate surface area is 126 Å². The molecule has 0 heterocycles. The number of carbonyl (C=O) groups is 1. The second-order valence-corrected chi connectivity index (χ2v) is 7.45. The van der Waals surface area contributed by atoms with E-state index in [-0.39, 0.29) is 11.3 Å². The van der Waals surface area contributed by atoms with E-state index in [1.807, 2.05) is 24.3 Å². The van der Waals surface area contributed by atoms with Crippen LogP contribution in [0.2, 0.25) is 0 Å². The molecule has 0 aromatic heterocycles. The predicted molar refractivity (Wildman–Crippen MR) is 85.5 cm³/mol. The molecular weight excluding hydrogens is 260 g/mol. The monoisotopic (exact) mass is 284 g/mol. The summed E-state index contributed by atoms with van der Waals surface area (Å²) >= 11 is 0. The lowest BCUT2D eigenvalue weighted by Gasteiger charge is -2.19. The van der Waals surface area contributed by atoms with E-state index in [0.717, 1.165) is 12.3 Å². The number of amides is 1. The largest absolute Gasteiger partial charge is 0.271 e. The SMILES string of the molecule is CC(C)(C)c1ccc(C(=O)N/N=C2/CC3CCC2C3)cc1. The summed E-state index contributed by atoms with van der Waals surface area (Å²) in [5, 5.41) is 4.37. The van der Waals surface area contributed by atoms with Crippen LogP contribution in [-0.4, -0.2) is 11.6 Å². The predicted octanol–water partition coefficient (Wildman–Crippen LogP) is 3.89. The lowest BCUT2D eigenvalue weighted by molar-refractivity contribution is 0.0954. The van der Waals surface area contributed by atoms with E-state index in [9.17, 15) is 4.79 Å². The maximum atomic E-state index is 12.2. The number of hydrazone groups is 1. The van der Waals surface area contributed by atoms with Gasteiger partial charge in [0.05, 0.1) is 0 Å². The lowest BCUT2D eigenvalue weighted by Crippen LogP contribution is -2.22. The highest BCUT2D eigenvalue weighted by Crippen LogP contribution is 2.42. The molecule has 2 unspecified atom stereocenters. The number of fused-ring (bicyclic) bond motifs is 2. The Morgan fingerprint density at radius 3 is 2.43 bits per heavy atom. The summed E-state index contributed by atoms with van der Waals surface area (Å²) in [4.78, 5) is 12.2. The first kappa shape index (κ1) is 14.3. The molecule has 3 heteroatoms. The summed E-state index contributed by atoms with van der Waals surface area (Å²) in [6, 6.07) is 7.83. The van der Waals surface area contributed by atoms with Crippen molar-refractivity contribution in [3.63, 3.8) is 0 Å². The fourth-order valence-corrected chi connectivity index (χ4v) is 3.47. The molecule has 0 saturated heterocycles. The molecule has 0 spiro atoms. The molecule has 3 nitrogen and oxygen atoms in total. The first-order valence-corrected chi connectivity index (χ1v) is 7.91. The Balaban J connectivity index is 1.64. The normalized spacial score (nSPS) is 26.3. The summed E-state index contributed by atoms with van der Waals surface area (Å²) in [6.07, 6.45) is 4.94. The number of benzene rings is 1. The molecule has 1 aromatic rings. The number of carbonyl (C=O) groups excluding carboxylic acids is 1. The van der Waals surface area contributed by atoms with Gasteiger partial charge in [-0.25, -0.2) is 5.43 Å². The van der Waals surface area contributed by atoms with Crippen molar-refractivity contribution in [2.24, 2.45) is 16.9 Å². The minimum absolute atomic E-state index is 0.106. The highest BCUT2D eigenvalue weighted by molar-refractivity contribution is 5.96. The third-order valence-corrected chi connectivity index (χ3v) is 4.82. The Morgan fingerprint density at radius 1 is 1.19 bits per heavy atom. The molecule has 21 heavy (non-hydrogen) atoms. The van der Waals surface area contributed by atoms with Crippen LogP contribution in [0.25, 0.3) is 0 Å². The van der Waals surface area contributed by atoms with Crippen molar-refractivity contribution in [1.82, 2.24) is 5.43 Å². The number of rotatable bonds is 2. The maximum Gasteiger partial charge on any atom is 0.271 e. The van der Waals surface area contributed by atoms with Crippen LogP contribution in [0.15, 0.2) is 29.4 Å². The Kier molecular flexibility index (Phi) is 3.60. The van der Waals surface area contributed by atoms with E-state index in [4.69, 9.17) is 0 Å². The molecule has 2 aliphatic rings. The van der Waals surface area contributed by atoms with E-state index in [2.05, 4.69) is 31.3 Å². The lowest BCUT2D eigenvalue weighted by atomic mass is 9.87. The Hall–Kier alpha value is -1.64. The molecule has 2 atom stereocenters. The van der Waals surface area contributed by atoms with Crippen molar-refractivity contribution in [3.05, 3.63) is 35.4 Å². The molecule has 1 aromatic carbocycles. The number of hydrogen-bond acceptors (Lipinski definition) is 2. The van der Waals surface area contributed by atoms with Crippen LogP contribution in [0.4, 0.5) is 0 Å². The molecule has 112 valence electrons. The number of nitrogens with one attached hydrogen (secondary N) is 1. The van der Waals surface area contributed by atoms with Gasteiger partial charge in [0.2, 0.25) is 0 Å². The van der Waals surface area contributed by atoms with Crippen LogP contribution in [0, 0.1) is 11.8 Å². The molecule has 1 amide bonds. The van der Waals surface area contributed by atoms with Crippen LogP contribution in [-0.2, 0) is 5.41 Å². The van der Waals surface area contributed by atoms with Crippen LogP contribution >= 0.6 is 0 Å². The van der Waals surface area contributed by atoms with Crippen LogP contribution in [0.5, 0.6) is 0 Å². The smallest absolute Gasteiger partial charge is 0.267 e. The molecule has 0 radical (unpaired) electrons. The minimum atomic E-state index is -0.106. The van der Waals surface area contributed by atoms with E-state index in [1.54, 1.807) is 0 Å². The standard InChI is InChI=1S/C18H24N2O/c1-18(2,3)15-8-6-13(7-9-15)17(21)20-19-16-11-12-4-5-14(16)10-12/h6-9,12,14H,4-5,10-11H2,1-3H3,(H,20,21)/b19-16-. The summed E-state index contributed by atoms with van der Waals surface area (Å²) in [6.45, 7) is 6.51. The molecule has 2 saturated carbocycles. The highest BCUT2D eigenvalue weighted by atomic mass is 16.2. The van der Waals surface area contributed by atoms with Crippen molar-refractivity contribution in [3.8, 4) is 0 Å². The van der Waals surface area contributed by atoms with E-state index >= 15 is 0 Å². The second kappa shape index (κ2) is 5.28. The maximum absolute atomic E-state index is 12.2. The van der Waals surface area contributed by atoms with E-state index in [0.29, 0.717) is 11.5 Å². The molecule has 0 aliphatic heterocycles. The Morgan fingerprint density at radius 2 is 1.90 bits per heavy atom. The quantitative estimate of drug-likeness (QED) is 0.822. The zero-order valence-corrected chi connectivity index (χ0v) is 13.1. The zero-order valence-electron chi connectivity index (χ0n) is 13.1. The van der Waals surface area contributed by atoms with Gasteiger partial charge in [-0.3, -0.25) is 4.79 Å². The highest BCUT2D eigenvalue weighted by Gasteiger charge is 2.36. The van der Waals surface area contributed by atoms with Gasteiger partial charge in [-0.2, -0.15) is 5.10 Å². The van der Waals surface area contributed by atoms with Gasteiger partial charge in [0, 0.05) is 11.3 Å². The fourth-order valence-electron chi connectivity index (χ4n) is 3.47. The molecule has 1 N–H and O–H groups in total. The number of nitrogens with zero attached hydrogens (tertiary/aromatic N) is 1. The average molecular weight is 284 g/mol. The topological polar surface area (TPSA) is 41.5 Å². The van der Waals surface area contributed by atoms with Crippen molar-refractivity contribution in [1.29, 1.82) is 0 Å². The third-order valence-electron chi connectivity index (χ3n) is 4.82. The molecule has 3 rings (SSSR count). The van der Waals surface area contributed by atoms with Gasteiger partial charge in [-0.15, -0.1) is 0 Å². The third kappa shape index (κ3) is 3.02. The fraction of sp³-hybridized carbons (Fsp3) is 0.556. The minimum Gasteiger partial charge on any atom is -0.267 e. The molecule has 2 aliphatic carbocycles. The Bertz CT molecular complexity index is 566. The average Bonchev–Trinajstić information content (AvgIpc) is 3.06. The van der Waals surface area contributed by atoms with Gasteiger partial charge in [-0.05, 0) is 60.6 Å². The summed E-state index contributed by atoms with van der Waals surface area (Å²) in [5.74, 6) is 1.33. The van der Waals surface area contributed by atoms with Crippen LogP contribution in [0.1, 0.15) is 62.4 Å². The molecular formula is C18H24N2O.